The Morgan fingerprint density at radius 3 is 2.46 bits per heavy atom. The standard InChI is InChI=1S/C24H31FN2O/c1-5-20-10-11-21(28-20)19-8-6-18(7-9-19)16-27-15-13-24(12-14-26,22(25)17-27)23(2,3)4/h6-11,22H,5,12-13,15-17H2,1-4H3. The average molecular weight is 383 g/mol. The van der Waals surface area contributed by atoms with E-state index in [0.29, 0.717) is 6.54 Å². The number of piperidine rings is 1. The second-order valence-corrected chi connectivity index (χ2v) is 9.01. The molecule has 2 aromatic rings. The van der Waals surface area contributed by atoms with Crippen molar-refractivity contribution in [2.24, 2.45) is 10.8 Å². The molecule has 0 radical (unpaired) electrons. The summed E-state index contributed by atoms with van der Waals surface area (Å²) < 4.78 is 21.1. The molecule has 0 amide bonds. The zero-order valence-corrected chi connectivity index (χ0v) is 17.5. The molecule has 1 fully saturated rings. The number of hydrogen-bond acceptors (Lipinski definition) is 3. The molecule has 28 heavy (non-hydrogen) atoms. The highest BCUT2D eigenvalue weighted by Gasteiger charge is 2.51. The minimum absolute atomic E-state index is 0.226. The summed E-state index contributed by atoms with van der Waals surface area (Å²) in [6.07, 6.45) is 0.897. The summed E-state index contributed by atoms with van der Waals surface area (Å²) in [5.74, 6) is 1.87. The Morgan fingerprint density at radius 2 is 1.93 bits per heavy atom. The lowest BCUT2D eigenvalue weighted by Crippen LogP contribution is -2.54. The van der Waals surface area contributed by atoms with Gasteiger partial charge >= 0.3 is 0 Å². The van der Waals surface area contributed by atoms with Crippen LogP contribution >= 0.6 is 0 Å². The molecule has 0 aliphatic carbocycles. The topological polar surface area (TPSA) is 40.2 Å². The van der Waals surface area contributed by atoms with Crippen LogP contribution in [0.25, 0.3) is 11.3 Å². The number of aryl methyl sites for hydroxylation is 1. The van der Waals surface area contributed by atoms with Gasteiger partial charge in [0.05, 0.1) is 6.07 Å². The number of hydrogen-bond donors (Lipinski definition) is 0. The summed E-state index contributed by atoms with van der Waals surface area (Å²) in [5, 5.41) is 9.27. The van der Waals surface area contributed by atoms with Crippen LogP contribution in [0.1, 0.15) is 51.9 Å². The first-order valence-electron chi connectivity index (χ1n) is 10.2. The third-order valence-electron chi connectivity index (χ3n) is 6.44. The molecule has 1 aromatic carbocycles. The maximum atomic E-state index is 15.3. The molecule has 1 aliphatic heterocycles. The summed E-state index contributed by atoms with van der Waals surface area (Å²) in [4.78, 5) is 2.17. The van der Waals surface area contributed by atoms with Crippen molar-refractivity contribution in [3.8, 4) is 17.4 Å². The van der Waals surface area contributed by atoms with E-state index in [1.54, 1.807) is 0 Å². The van der Waals surface area contributed by atoms with E-state index in [1.807, 2.05) is 12.1 Å². The second kappa shape index (κ2) is 8.09. The molecule has 0 spiro atoms. The van der Waals surface area contributed by atoms with Gasteiger partial charge in [0.15, 0.2) is 0 Å². The molecular weight excluding hydrogens is 351 g/mol. The van der Waals surface area contributed by atoms with Gasteiger partial charge in [-0.05, 0) is 36.1 Å². The first kappa shape index (κ1) is 20.6. The smallest absolute Gasteiger partial charge is 0.134 e. The van der Waals surface area contributed by atoms with E-state index in [4.69, 9.17) is 4.42 Å². The Kier molecular flexibility index (Phi) is 5.95. The van der Waals surface area contributed by atoms with Crippen LogP contribution in [0.3, 0.4) is 0 Å². The Labute approximate surface area is 168 Å². The molecule has 1 aromatic heterocycles. The fraction of sp³-hybridized carbons (Fsp3) is 0.542. The van der Waals surface area contributed by atoms with Crippen LogP contribution in [0.5, 0.6) is 0 Å². The van der Waals surface area contributed by atoms with Crippen molar-refractivity contribution in [1.82, 2.24) is 4.90 Å². The van der Waals surface area contributed by atoms with E-state index in [9.17, 15) is 5.26 Å². The molecule has 0 saturated carbocycles. The van der Waals surface area contributed by atoms with Gasteiger partial charge in [-0.15, -0.1) is 0 Å². The normalized spacial score (nSPS) is 23.5. The number of likely N-dealkylation sites (tertiary alicyclic amines) is 1. The first-order valence-corrected chi connectivity index (χ1v) is 10.2. The maximum absolute atomic E-state index is 15.3. The molecule has 3 rings (SSSR count). The van der Waals surface area contributed by atoms with Crippen molar-refractivity contribution in [1.29, 1.82) is 5.26 Å². The van der Waals surface area contributed by atoms with Crippen LogP contribution in [0.2, 0.25) is 0 Å². The van der Waals surface area contributed by atoms with Gasteiger partial charge in [-0.1, -0.05) is 52.0 Å². The van der Waals surface area contributed by atoms with Gasteiger partial charge in [-0.25, -0.2) is 4.39 Å². The number of benzene rings is 1. The Balaban J connectivity index is 1.66. The van der Waals surface area contributed by atoms with E-state index < -0.39 is 11.6 Å². The molecule has 150 valence electrons. The molecule has 4 heteroatoms. The van der Waals surface area contributed by atoms with Gasteiger partial charge < -0.3 is 4.42 Å². The average Bonchev–Trinajstić information content (AvgIpc) is 3.13. The fourth-order valence-electron chi connectivity index (χ4n) is 4.36. The van der Waals surface area contributed by atoms with E-state index in [-0.39, 0.29) is 11.8 Å². The van der Waals surface area contributed by atoms with Crippen LogP contribution in [0.4, 0.5) is 4.39 Å². The molecule has 2 atom stereocenters. The molecule has 0 bridgehead atoms. The lowest BCUT2D eigenvalue weighted by molar-refractivity contribution is -0.0660. The van der Waals surface area contributed by atoms with Crippen molar-refractivity contribution in [2.75, 3.05) is 13.1 Å². The van der Waals surface area contributed by atoms with Crippen LogP contribution in [0.15, 0.2) is 40.8 Å². The summed E-state index contributed by atoms with van der Waals surface area (Å²) in [7, 11) is 0. The zero-order valence-electron chi connectivity index (χ0n) is 17.5. The van der Waals surface area contributed by atoms with Gasteiger partial charge in [-0.2, -0.15) is 5.26 Å². The lowest BCUT2D eigenvalue weighted by Gasteiger charge is -2.51. The Morgan fingerprint density at radius 1 is 1.21 bits per heavy atom. The van der Waals surface area contributed by atoms with Crippen molar-refractivity contribution < 1.29 is 8.81 Å². The zero-order chi connectivity index (χ0) is 20.4. The van der Waals surface area contributed by atoms with E-state index >= 15 is 4.39 Å². The highest BCUT2D eigenvalue weighted by Crippen LogP contribution is 2.50. The molecule has 3 nitrogen and oxygen atoms in total. The minimum atomic E-state index is -0.990. The predicted octanol–water partition coefficient (Wildman–Crippen LogP) is 6.00. The fourth-order valence-corrected chi connectivity index (χ4v) is 4.36. The van der Waals surface area contributed by atoms with Gasteiger partial charge in [-0.3, -0.25) is 4.90 Å². The number of nitrogens with zero attached hydrogens (tertiary/aromatic N) is 2. The summed E-state index contributed by atoms with van der Waals surface area (Å²) in [5.41, 5.74) is 1.45. The number of halogens is 1. The summed E-state index contributed by atoms with van der Waals surface area (Å²) in [6, 6.07) is 14.6. The molecule has 2 heterocycles. The van der Waals surface area contributed by atoms with Gasteiger partial charge in [0.2, 0.25) is 0 Å². The van der Waals surface area contributed by atoms with E-state index in [1.165, 1.54) is 5.56 Å². The third kappa shape index (κ3) is 4.00. The third-order valence-corrected chi connectivity index (χ3v) is 6.44. The Hall–Kier alpha value is -2.12. The highest BCUT2D eigenvalue weighted by atomic mass is 19.1. The largest absolute Gasteiger partial charge is 0.461 e. The van der Waals surface area contributed by atoms with Crippen molar-refractivity contribution in [3.63, 3.8) is 0 Å². The lowest BCUT2D eigenvalue weighted by atomic mass is 9.59. The van der Waals surface area contributed by atoms with E-state index in [2.05, 4.69) is 62.9 Å². The van der Waals surface area contributed by atoms with Gasteiger partial charge in [0.1, 0.15) is 17.7 Å². The second-order valence-electron chi connectivity index (χ2n) is 9.01. The molecular formula is C24H31FN2O. The molecule has 1 saturated heterocycles. The number of alkyl halides is 1. The van der Waals surface area contributed by atoms with Crippen LogP contribution in [-0.2, 0) is 13.0 Å². The Bertz CT molecular complexity index is 828. The molecule has 0 N–H and O–H groups in total. The molecule has 1 aliphatic rings. The maximum Gasteiger partial charge on any atom is 0.134 e. The van der Waals surface area contributed by atoms with Crippen LogP contribution in [-0.4, -0.2) is 24.2 Å². The minimum Gasteiger partial charge on any atom is -0.461 e. The van der Waals surface area contributed by atoms with Gasteiger partial charge in [0.25, 0.3) is 0 Å². The predicted molar refractivity (Wildman–Crippen MR) is 110 cm³/mol. The monoisotopic (exact) mass is 382 g/mol. The van der Waals surface area contributed by atoms with Crippen molar-refractivity contribution >= 4 is 0 Å². The number of furan rings is 1. The summed E-state index contributed by atoms with van der Waals surface area (Å²) in [6.45, 7) is 10.2. The number of nitriles is 1. The highest BCUT2D eigenvalue weighted by molar-refractivity contribution is 5.57. The van der Waals surface area contributed by atoms with Crippen molar-refractivity contribution in [2.45, 2.75) is 59.7 Å². The number of rotatable bonds is 5. The summed E-state index contributed by atoms with van der Waals surface area (Å²) >= 11 is 0. The quantitative estimate of drug-likeness (QED) is 0.637. The van der Waals surface area contributed by atoms with Gasteiger partial charge in [0, 0.05) is 36.9 Å². The molecule has 2 unspecified atom stereocenters. The SMILES string of the molecule is CCc1ccc(-c2ccc(CN3CCC(CC#N)(C(C)(C)C)C(F)C3)cc2)o1. The van der Waals surface area contributed by atoms with Crippen LogP contribution < -0.4 is 0 Å². The first-order chi connectivity index (χ1) is 13.3. The van der Waals surface area contributed by atoms with E-state index in [0.717, 1.165) is 43.0 Å². The van der Waals surface area contributed by atoms with Crippen LogP contribution in [0, 0.1) is 22.2 Å². The van der Waals surface area contributed by atoms with Crippen molar-refractivity contribution in [3.05, 3.63) is 47.7 Å².